The molecule has 0 bridgehead atoms. The number of nitrogens with two attached hydrogens (primary N) is 2. The number of hydrogen-bond donors (Lipinski definition) is 8. The molecule has 0 spiro atoms. The Morgan fingerprint density at radius 3 is 1.84 bits per heavy atom. The molecule has 180 valence electrons. The van der Waals surface area contributed by atoms with Crippen molar-refractivity contribution in [3.05, 3.63) is 0 Å². The Balaban J connectivity index is 5.23. The number of aliphatic carboxylic acids is 1. The number of nitrogens with one attached hydrogen (secondary N) is 3. The second-order valence-corrected chi connectivity index (χ2v) is 7.88. The minimum absolute atomic E-state index is 0.0256. The summed E-state index contributed by atoms with van der Waals surface area (Å²) in [6.45, 7) is 4.56. The normalized spacial score (nSPS) is 16.0. The Morgan fingerprint density at radius 2 is 1.39 bits per heavy atom. The number of carboxylic acid groups (broad SMARTS) is 1. The van der Waals surface area contributed by atoms with Crippen molar-refractivity contribution in [2.75, 3.05) is 13.2 Å². The van der Waals surface area contributed by atoms with Crippen LogP contribution in [-0.2, 0) is 19.2 Å². The van der Waals surface area contributed by atoms with Crippen LogP contribution in [0.1, 0.15) is 46.5 Å². The minimum atomic E-state index is -1.40. The van der Waals surface area contributed by atoms with Crippen molar-refractivity contribution in [2.24, 2.45) is 17.4 Å². The Kier molecular flexibility index (Phi) is 13.6. The number of rotatable bonds is 15. The summed E-state index contributed by atoms with van der Waals surface area (Å²) < 4.78 is 0. The van der Waals surface area contributed by atoms with Gasteiger partial charge in [0.2, 0.25) is 17.7 Å². The van der Waals surface area contributed by atoms with Crippen LogP contribution in [0.3, 0.4) is 0 Å². The van der Waals surface area contributed by atoms with Gasteiger partial charge in [0.1, 0.15) is 24.2 Å². The maximum Gasteiger partial charge on any atom is 0.326 e. The molecule has 3 amide bonds. The molecule has 0 rings (SSSR count). The highest BCUT2D eigenvalue weighted by atomic mass is 16.4. The van der Waals surface area contributed by atoms with Gasteiger partial charge in [0.15, 0.2) is 0 Å². The van der Waals surface area contributed by atoms with Gasteiger partial charge in [-0.1, -0.05) is 13.8 Å². The molecular weight excluding hydrogens is 410 g/mol. The summed E-state index contributed by atoms with van der Waals surface area (Å²) in [5.41, 5.74) is 10.9. The first-order valence-electron chi connectivity index (χ1n) is 10.3. The third-order valence-electron chi connectivity index (χ3n) is 4.54. The summed E-state index contributed by atoms with van der Waals surface area (Å²) in [6, 6.07) is -4.93. The van der Waals surface area contributed by atoms with Gasteiger partial charge in [0, 0.05) is 0 Å². The summed E-state index contributed by atoms with van der Waals surface area (Å²) in [4.78, 5) is 48.6. The molecule has 12 heteroatoms. The maximum atomic E-state index is 12.7. The Morgan fingerprint density at radius 1 is 0.871 bits per heavy atom. The number of carbonyl (C=O) groups is 4. The molecule has 12 nitrogen and oxygen atoms in total. The molecular formula is C19H37N5O7. The first kappa shape index (κ1) is 28.7. The van der Waals surface area contributed by atoms with Crippen molar-refractivity contribution in [1.82, 2.24) is 16.0 Å². The lowest BCUT2D eigenvalue weighted by molar-refractivity contribution is -0.142. The van der Waals surface area contributed by atoms with Crippen LogP contribution in [0, 0.1) is 5.92 Å². The second kappa shape index (κ2) is 14.7. The fourth-order valence-corrected chi connectivity index (χ4v) is 2.68. The van der Waals surface area contributed by atoms with Crippen LogP contribution in [0.2, 0.25) is 0 Å². The van der Waals surface area contributed by atoms with E-state index in [9.17, 15) is 34.5 Å². The zero-order valence-corrected chi connectivity index (χ0v) is 18.3. The smallest absolute Gasteiger partial charge is 0.326 e. The van der Waals surface area contributed by atoms with E-state index in [1.165, 1.54) is 6.92 Å². The molecule has 0 saturated carbocycles. The first-order chi connectivity index (χ1) is 14.4. The number of unbranched alkanes of at least 4 members (excludes halogenated alkanes) is 1. The van der Waals surface area contributed by atoms with Crippen molar-refractivity contribution in [2.45, 2.75) is 76.7 Å². The lowest BCUT2D eigenvalue weighted by Crippen LogP contribution is -2.59. The minimum Gasteiger partial charge on any atom is -0.480 e. The quantitative estimate of drug-likeness (QED) is 0.123. The predicted octanol–water partition coefficient (Wildman–Crippen LogP) is -2.60. The molecule has 0 aliphatic carbocycles. The van der Waals surface area contributed by atoms with Gasteiger partial charge in [0.25, 0.3) is 0 Å². The van der Waals surface area contributed by atoms with Crippen LogP contribution >= 0.6 is 0 Å². The van der Waals surface area contributed by atoms with Gasteiger partial charge in [-0.3, -0.25) is 14.4 Å². The number of amides is 3. The molecule has 5 atom stereocenters. The summed E-state index contributed by atoms with van der Waals surface area (Å²) in [6.07, 6.45) is 0.336. The number of carbonyl (C=O) groups excluding carboxylic acids is 3. The van der Waals surface area contributed by atoms with Gasteiger partial charge in [-0.15, -0.1) is 0 Å². The molecule has 0 aliphatic rings. The van der Waals surface area contributed by atoms with Crippen molar-refractivity contribution in [3.8, 4) is 0 Å². The molecule has 0 saturated heterocycles. The van der Waals surface area contributed by atoms with E-state index in [4.69, 9.17) is 11.5 Å². The lowest BCUT2D eigenvalue weighted by atomic mass is 10.0. The molecule has 0 aromatic carbocycles. The summed E-state index contributed by atoms with van der Waals surface area (Å²) in [5.74, 6) is -3.61. The number of carboxylic acids is 1. The molecule has 10 N–H and O–H groups in total. The van der Waals surface area contributed by atoms with Gasteiger partial charge in [-0.05, 0) is 45.1 Å². The third-order valence-corrected chi connectivity index (χ3v) is 4.54. The van der Waals surface area contributed by atoms with Crippen LogP contribution in [0.5, 0.6) is 0 Å². The summed E-state index contributed by atoms with van der Waals surface area (Å²) >= 11 is 0. The van der Waals surface area contributed by atoms with Crippen molar-refractivity contribution in [3.63, 3.8) is 0 Å². The standard InChI is InChI=1S/C19H37N5O7/c1-10(2)8-13(16(27)22-12(19(30)31)6-4-5-7-20)23-17(28)14(9-25)24-18(29)15(21)11(3)26/h10-15,25-26H,4-9,20-21H2,1-3H3,(H,22,27)(H,23,28)(H,24,29)(H,30,31). The zero-order chi connectivity index (χ0) is 24.1. The summed E-state index contributed by atoms with van der Waals surface area (Å²) in [5, 5.41) is 35.3. The van der Waals surface area contributed by atoms with E-state index in [0.29, 0.717) is 19.4 Å². The molecule has 0 aromatic heterocycles. The monoisotopic (exact) mass is 447 g/mol. The molecule has 0 aliphatic heterocycles. The topological polar surface area (TPSA) is 217 Å². The van der Waals surface area contributed by atoms with Gasteiger partial charge in [-0.25, -0.2) is 4.79 Å². The van der Waals surface area contributed by atoms with Crippen molar-refractivity contribution < 1.29 is 34.5 Å². The van der Waals surface area contributed by atoms with Crippen LogP contribution < -0.4 is 27.4 Å². The Labute approximate surface area is 182 Å². The van der Waals surface area contributed by atoms with Crippen LogP contribution in [0.4, 0.5) is 0 Å². The van der Waals surface area contributed by atoms with Gasteiger partial charge >= 0.3 is 5.97 Å². The maximum absolute atomic E-state index is 12.7. The molecule has 5 unspecified atom stereocenters. The molecule has 0 fully saturated rings. The Bertz CT molecular complexity index is 600. The van der Waals surface area contributed by atoms with E-state index in [2.05, 4.69) is 16.0 Å². The average molecular weight is 448 g/mol. The lowest BCUT2D eigenvalue weighted by Gasteiger charge is -2.25. The molecule has 31 heavy (non-hydrogen) atoms. The number of hydrogen-bond acceptors (Lipinski definition) is 8. The van der Waals surface area contributed by atoms with Crippen LogP contribution in [-0.4, -0.2) is 82.4 Å². The van der Waals surface area contributed by atoms with Gasteiger partial charge in [0.05, 0.1) is 12.7 Å². The van der Waals surface area contributed by atoms with Crippen LogP contribution in [0.15, 0.2) is 0 Å². The highest BCUT2D eigenvalue weighted by molar-refractivity contribution is 5.94. The number of aliphatic hydroxyl groups is 2. The van der Waals surface area contributed by atoms with E-state index in [1.54, 1.807) is 0 Å². The molecule has 0 heterocycles. The zero-order valence-electron chi connectivity index (χ0n) is 18.3. The van der Waals surface area contributed by atoms with E-state index in [0.717, 1.165) is 0 Å². The fraction of sp³-hybridized carbons (Fsp3) is 0.789. The highest BCUT2D eigenvalue weighted by Crippen LogP contribution is 2.08. The predicted molar refractivity (Wildman–Crippen MR) is 113 cm³/mol. The number of aliphatic hydroxyl groups excluding tert-OH is 2. The second-order valence-electron chi connectivity index (χ2n) is 7.88. The van der Waals surface area contributed by atoms with E-state index in [-0.39, 0.29) is 18.8 Å². The van der Waals surface area contributed by atoms with E-state index in [1.807, 2.05) is 13.8 Å². The molecule has 0 aromatic rings. The van der Waals surface area contributed by atoms with Crippen molar-refractivity contribution in [1.29, 1.82) is 0 Å². The largest absolute Gasteiger partial charge is 0.480 e. The third kappa shape index (κ3) is 11.1. The first-order valence-corrected chi connectivity index (χ1v) is 10.3. The molecule has 0 radical (unpaired) electrons. The SMILES string of the molecule is CC(C)CC(NC(=O)C(CO)NC(=O)C(N)C(C)O)C(=O)NC(CCCCN)C(=O)O. The van der Waals surface area contributed by atoms with Gasteiger partial charge < -0.3 is 42.7 Å². The Hall–Kier alpha value is -2.28. The van der Waals surface area contributed by atoms with Crippen molar-refractivity contribution >= 4 is 23.7 Å². The summed E-state index contributed by atoms with van der Waals surface area (Å²) in [7, 11) is 0. The van der Waals surface area contributed by atoms with E-state index < -0.39 is 60.6 Å². The van der Waals surface area contributed by atoms with Gasteiger partial charge in [-0.2, -0.15) is 0 Å². The van der Waals surface area contributed by atoms with E-state index >= 15 is 0 Å². The highest BCUT2D eigenvalue weighted by Gasteiger charge is 2.31. The average Bonchev–Trinajstić information content (AvgIpc) is 2.69. The fourth-order valence-electron chi connectivity index (χ4n) is 2.68. The van der Waals surface area contributed by atoms with Crippen LogP contribution in [0.25, 0.3) is 0 Å².